The molecule has 2 rings (SSSR count). The van der Waals surface area contributed by atoms with E-state index in [0.29, 0.717) is 5.02 Å². The zero-order valence-electron chi connectivity index (χ0n) is 8.77. The lowest BCUT2D eigenvalue weighted by molar-refractivity contribution is 0.471. The molecule has 2 nitrogen and oxygen atoms in total. The third kappa shape index (κ3) is 3.20. The Balaban J connectivity index is 2.26. The molecule has 0 fully saturated rings. The van der Waals surface area contributed by atoms with Gasteiger partial charge < -0.3 is 5.11 Å². The second kappa shape index (κ2) is 5.51. The summed E-state index contributed by atoms with van der Waals surface area (Å²) in [6.45, 7) is 0. The standard InChI is InChI=1S/C13H9ClINO/c14-10-3-1-2-4-12(10)16-8-9-5-6-13(17)11(15)7-9/h1-8,17H. The normalized spacial score (nSPS) is 10.9. The Morgan fingerprint density at radius 2 is 1.94 bits per heavy atom. The monoisotopic (exact) mass is 357 g/mol. The Hall–Kier alpha value is -1.07. The molecule has 0 atom stereocenters. The summed E-state index contributed by atoms with van der Waals surface area (Å²) in [5, 5.41) is 10.0. The van der Waals surface area contributed by atoms with Crippen molar-refractivity contribution in [2.45, 2.75) is 0 Å². The molecule has 2 aromatic carbocycles. The Morgan fingerprint density at radius 3 is 2.65 bits per heavy atom. The molecule has 2 aromatic rings. The minimum Gasteiger partial charge on any atom is -0.507 e. The van der Waals surface area contributed by atoms with Gasteiger partial charge in [0.25, 0.3) is 0 Å². The van der Waals surface area contributed by atoms with E-state index in [9.17, 15) is 5.11 Å². The summed E-state index contributed by atoms with van der Waals surface area (Å²) in [5.41, 5.74) is 1.66. The van der Waals surface area contributed by atoms with Gasteiger partial charge in [0.15, 0.2) is 0 Å². The smallest absolute Gasteiger partial charge is 0.128 e. The first-order chi connectivity index (χ1) is 8.16. The Bertz CT molecular complexity index is 569. The van der Waals surface area contributed by atoms with Gasteiger partial charge >= 0.3 is 0 Å². The summed E-state index contributed by atoms with van der Waals surface area (Å²) >= 11 is 8.07. The van der Waals surface area contributed by atoms with Gasteiger partial charge in [0.05, 0.1) is 14.3 Å². The van der Waals surface area contributed by atoms with Crippen LogP contribution in [-0.4, -0.2) is 11.3 Å². The van der Waals surface area contributed by atoms with Gasteiger partial charge in [-0.1, -0.05) is 23.7 Å². The molecule has 86 valence electrons. The minimum atomic E-state index is 0.278. The maximum absolute atomic E-state index is 9.40. The van der Waals surface area contributed by atoms with Crippen molar-refractivity contribution in [3.63, 3.8) is 0 Å². The van der Waals surface area contributed by atoms with E-state index < -0.39 is 0 Å². The van der Waals surface area contributed by atoms with Crippen LogP contribution >= 0.6 is 34.2 Å². The molecule has 0 spiro atoms. The predicted octanol–water partition coefficient (Wildman–Crippen LogP) is 4.40. The number of aromatic hydroxyl groups is 1. The number of nitrogens with zero attached hydrogens (tertiary/aromatic N) is 1. The van der Waals surface area contributed by atoms with Crippen LogP contribution in [0.2, 0.25) is 5.02 Å². The van der Waals surface area contributed by atoms with Gasteiger partial charge in [0.1, 0.15) is 5.75 Å². The van der Waals surface area contributed by atoms with E-state index in [1.807, 2.05) is 24.3 Å². The van der Waals surface area contributed by atoms with E-state index in [0.717, 1.165) is 14.8 Å². The van der Waals surface area contributed by atoms with Gasteiger partial charge in [-0.2, -0.15) is 0 Å². The Labute approximate surface area is 118 Å². The van der Waals surface area contributed by atoms with Crippen molar-refractivity contribution in [2.75, 3.05) is 0 Å². The second-order valence-corrected chi connectivity index (χ2v) is 4.99. The molecular formula is C13H9ClINO. The third-order valence-electron chi connectivity index (χ3n) is 2.18. The number of benzene rings is 2. The zero-order valence-corrected chi connectivity index (χ0v) is 11.7. The second-order valence-electron chi connectivity index (χ2n) is 3.42. The van der Waals surface area contributed by atoms with Gasteiger partial charge in [-0.3, -0.25) is 4.99 Å². The van der Waals surface area contributed by atoms with Crippen LogP contribution in [0, 0.1) is 3.57 Å². The number of phenols is 1. The summed E-state index contributed by atoms with van der Waals surface area (Å²) in [4.78, 5) is 4.30. The van der Waals surface area contributed by atoms with Gasteiger partial charge in [-0.25, -0.2) is 0 Å². The summed E-state index contributed by atoms with van der Waals surface area (Å²) in [6, 6.07) is 12.7. The van der Waals surface area contributed by atoms with Crippen LogP contribution in [-0.2, 0) is 0 Å². The molecule has 1 N–H and O–H groups in total. The lowest BCUT2D eigenvalue weighted by atomic mass is 10.2. The minimum absolute atomic E-state index is 0.278. The highest BCUT2D eigenvalue weighted by Crippen LogP contribution is 2.24. The average molecular weight is 358 g/mol. The molecule has 0 aliphatic carbocycles. The van der Waals surface area contributed by atoms with E-state index in [1.165, 1.54) is 0 Å². The zero-order chi connectivity index (χ0) is 12.3. The van der Waals surface area contributed by atoms with E-state index >= 15 is 0 Å². The van der Waals surface area contributed by atoms with Crippen LogP contribution in [0.3, 0.4) is 0 Å². The van der Waals surface area contributed by atoms with Gasteiger partial charge in [0.2, 0.25) is 0 Å². The molecule has 0 saturated heterocycles. The quantitative estimate of drug-likeness (QED) is 0.627. The molecule has 0 aliphatic rings. The van der Waals surface area contributed by atoms with Crippen molar-refractivity contribution >= 4 is 46.1 Å². The van der Waals surface area contributed by atoms with Crippen LogP contribution in [0.1, 0.15) is 5.56 Å². The molecule has 17 heavy (non-hydrogen) atoms. The molecular weight excluding hydrogens is 349 g/mol. The fourth-order valence-electron chi connectivity index (χ4n) is 1.30. The van der Waals surface area contributed by atoms with Crippen molar-refractivity contribution in [3.8, 4) is 5.75 Å². The largest absolute Gasteiger partial charge is 0.507 e. The maximum Gasteiger partial charge on any atom is 0.128 e. The van der Waals surface area contributed by atoms with Gasteiger partial charge in [-0.05, 0) is 58.5 Å². The van der Waals surface area contributed by atoms with Crippen LogP contribution in [0.15, 0.2) is 47.5 Å². The molecule has 0 radical (unpaired) electrons. The highest BCUT2D eigenvalue weighted by atomic mass is 127. The van der Waals surface area contributed by atoms with Crippen molar-refractivity contribution in [1.29, 1.82) is 0 Å². The first-order valence-electron chi connectivity index (χ1n) is 4.94. The van der Waals surface area contributed by atoms with E-state index in [-0.39, 0.29) is 5.75 Å². The summed E-state index contributed by atoms with van der Waals surface area (Å²) < 4.78 is 0.797. The fourth-order valence-corrected chi connectivity index (χ4v) is 2.03. The molecule has 4 heteroatoms. The lowest BCUT2D eigenvalue weighted by Gasteiger charge is -1.99. The van der Waals surface area contributed by atoms with Crippen LogP contribution in [0.4, 0.5) is 5.69 Å². The van der Waals surface area contributed by atoms with Crippen molar-refractivity contribution in [3.05, 3.63) is 56.6 Å². The number of para-hydroxylation sites is 1. The van der Waals surface area contributed by atoms with E-state index in [2.05, 4.69) is 27.6 Å². The fraction of sp³-hybridized carbons (Fsp3) is 0. The Kier molecular flexibility index (Phi) is 4.02. The SMILES string of the molecule is Oc1ccc(C=Nc2ccccc2Cl)cc1I. The van der Waals surface area contributed by atoms with E-state index in [1.54, 1.807) is 24.4 Å². The molecule has 0 aromatic heterocycles. The number of aliphatic imine (C=N–C) groups is 1. The molecule has 0 bridgehead atoms. The molecule has 0 amide bonds. The van der Waals surface area contributed by atoms with Crippen LogP contribution < -0.4 is 0 Å². The third-order valence-corrected chi connectivity index (χ3v) is 3.36. The first-order valence-corrected chi connectivity index (χ1v) is 6.39. The molecule has 0 unspecified atom stereocenters. The molecule has 0 heterocycles. The van der Waals surface area contributed by atoms with Crippen molar-refractivity contribution in [1.82, 2.24) is 0 Å². The Morgan fingerprint density at radius 1 is 1.18 bits per heavy atom. The van der Waals surface area contributed by atoms with Crippen molar-refractivity contribution in [2.24, 2.45) is 4.99 Å². The first kappa shape index (κ1) is 12.4. The molecule has 0 aliphatic heterocycles. The number of rotatable bonds is 2. The maximum atomic E-state index is 9.40. The molecule has 0 saturated carbocycles. The summed E-state index contributed by atoms with van der Waals surface area (Å²) in [7, 11) is 0. The van der Waals surface area contributed by atoms with E-state index in [4.69, 9.17) is 11.6 Å². The predicted molar refractivity (Wildman–Crippen MR) is 79.5 cm³/mol. The van der Waals surface area contributed by atoms with Crippen molar-refractivity contribution < 1.29 is 5.11 Å². The number of hydrogen-bond acceptors (Lipinski definition) is 2. The summed E-state index contributed by atoms with van der Waals surface area (Å²) in [5.74, 6) is 0.278. The van der Waals surface area contributed by atoms with Crippen LogP contribution in [0.5, 0.6) is 5.75 Å². The number of phenolic OH excluding ortho intramolecular Hbond substituents is 1. The van der Waals surface area contributed by atoms with Crippen LogP contribution in [0.25, 0.3) is 0 Å². The van der Waals surface area contributed by atoms with Gasteiger partial charge in [-0.15, -0.1) is 0 Å². The highest BCUT2D eigenvalue weighted by molar-refractivity contribution is 14.1. The number of halogens is 2. The summed E-state index contributed by atoms with van der Waals surface area (Å²) in [6.07, 6.45) is 1.73. The lowest BCUT2D eigenvalue weighted by Crippen LogP contribution is -1.82. The topological polar surface area (TPSA) is 32.6 Å². The average Bonchev–Trinajstić information content (AvgIpc) is 2.32. The number of hydrogen-bond donors (Lipinski definition) is 1. The van der Waals surface area contributed by atoms with Gasteiger partial charge in [0, 0.05) is 6.21 Å². The highest BCUT2D eigenvalue weighted by Gasteiger charge is 1.98.